The number of amides is 4. The quantitative estimate of drug-likeness (QED) is 0.250. The Labute approximate surface area is 227 Å². The van der Waals surface area contributed by atoms with Crippen LogP contribution in [0.3, 0.4) is 0 Å². The minimum atomic E-state index is -1.02. The number of anilines is 1. The van der Waals surface area contributed by atoms with Gasteiger partial charge in [0.2, 0.25) is 5.91 Å². The molecule has 1 heterocycles. The fourth-order valence-electron chi connectivity index (χ4n) is 4.04. The second-order valence-electron chi connectivity index (χ2n) is 8.39. The average Bonchev–Trinajstić information content (AvgIpc) is 3.17. The van der Waals surface area contributed by atoms with Crippen LogP contribution in [-0.4, -0.2) is 35.9 Å². The maximum absolute atomic E-state index is 14.5. The number of hydrogen-bond acceptors (Lipinski definition) is 4. The summed E-state index contributed by atoms with van der Waals surface area (Å²) in [4.78, 5) is 40.5. The van der Waals surface area contributed by atoms with Gasteiger partial charge in [-0.2, -0.15) is 0 Å². The van der Waals surface area contributed by atoms with Crippen LogP contribution in [0, 0.1) is 15.3 Å². The molecule has 1 unspecified atom stereocenters. The number of benzene rings is 3. The van der Waals surface area contributed by atoms with Crippen LogP contribution in [0.1, 0.15) is 24.1 Å². The molecule has 37 heavy (non-hydrogen) atoms. The third-order valence-electron chi connectivity index (χ3n) is 5.99. The molecule has 0 bridgehead atoms. The lowest BCUT2D eigenvalue weighted by atomic mass is 9.92. The lowest BCUT2D eigenvalue weighted by molar-refractivity contribution is -0.128. The van der Waals surface area contributed by atoms with E-state index in [0.717, 1.165) is 4.90 Å². The third-order valence-corrected chi connectivity index (χ3v) is 6.66. The van der Waals surface area contributed by atoms with E-state index in [9.17, 15) is 18.8 Å². The summed E-state index contributed by atoms with van der Waals surface area (Å²) in [6.45, 7) is 6.20. The van der Waals surface area contributed by atoms with E-state index in [1.807, 2.05) is 35.6 Å². The first-order valence-electron chi connectivity index (χ1n) is 11.6. The van der Waals surface area contributed by atoms with Gasteiger partial charge in [0.15, 0.2) is 0 Å². The zero-order chi connectivity index (χ0) is 26.5. The highest BCUT2D eigenvalue weighted by molar-refractivity contribution is 14.1. The van der Waals surface area contributed by atoms with Crippen molar-refractivity contribution in [3.8, 4) is 5.75 Å². The standard InChI is InChI=1S/C28H25FIN3O4/c1-3-37-21-12-9-19(10-13-21)25-27(35)33(28(36)32-25)16-22(17(2)18-7-5-4-6-8-18)26(34)31-24-14-11-20(30)15-23(24)29/h4-15,22,25H,2-3,16H2,1H3,(H,31,34)(H,32,36)/t22?,25-/m1/s1. The van der Waals surface area contributed by atoms with Crippen LogP contribution in [0.15, 0.2) is 79.4 Å². The summed E-state index contributed by atoms with van der Waals surface area (Å²) in [5.74, 6) is -2.03. The molecule has 7 nitrogen and oxygen atoms in total. The third kappa shape index (κ3) is 5.99. The summed E-state index contributed by atoms with van der Waals surface area (Å²) in [5, 5.41) is 5.28. The van der Waals surface area contributed by atoms with Crippen molar-refractivity contribution in [2.75, 3.05) is 18.5 Å². The van der Waals surface area contributed by atoms with Gasteiger partial charge in [-0.15, -0.1) is 0 Å². The van der Waals surface area contributed by atoms with Gasteiger partial charge in [0.1, 0.15) is 17.6 Å². The van der Waals surface area contributed by atoms with E-state index in [1.54, 1.807) is 54.6 Å². The molecule has 0 saturated carbocycles. The zero-order valence-corrected chi connectivity index (χ0v) is 22.2. The lowest BCUT2D eigenvalue weighted by Crippen LogP contribution is -2.40. The normalized spacial score (nSPS) is 15.8. The average molecular weight is 613 g/mol. The minimum Gasteiger partial charge on any atom is -0.494 e. The van der Waals surface area contributed by atoms with Crippen molar-refractivity contribution in [1.29, 1.82) is 0 Å². The van der Waals surface area contributed by atoms with Crippen LogP contribution in [0.25, 0.3) is 5.57 Å². The van der Waals surface area contributed by atoms with Gasteiger partial charge in [0.25, 0.3) is 5.91 Å². The topological polar surface area (TPSA) is 87.7 Å². The van der Waals surface area contributed by atoms with E-state index in [0.29, 0.717) is 32.6 Å². The van der Waals surface area contributed by atoms with Gasteiger partial charge in [-0.3, -0.25) is 14.5 Å². The number of ether oxygens (including phenoxy) is 1. The van der Waals surface area contributed by atoms with Crippen LogP contribution < -0.4 is 15.4 Å². The van der Waals surface area contributed by atoms with E-state index in [4.69, 9.17) is 4.74 Å². The van der Waals surface area contributed by atoms with Gasteiger partial charge in [0.05, 0.1) is 18.2 Å². The largest absolute Gasteiger partial charge is 0.494 e. The highest BCUT2D eigenvalue weighted by Gasteiger charge is 2.41. The van der Waals surface area contributed by atoms with Crippen LogP contribution >= 0.6 is 22.6 Å². The molecule has 2 N–H and O–H groups in total. The molecule has 2 atom stereocenters. The molecule has 1 aliphatic rings. The predicted octanol–water partition coefficient (Wildman–Crippen LogP) is 5.39. The Balaban J connectivity index is 1.58. The molecule has 0 radical (unpaired) electrons. The summed E-state index contributed by atoms with van der Waals surface area (Å²) in [7, 11) is 0. The first-order valence-corrected chi connectivity index (χ1v) is 12.7. The van der Waals surface area contributed by atoms with Gasteiger partial charge in [0, 0.05) is 10.1 Å². The summed E-state index contributed by atoms with van der Waals surface area (Å²) in [6.07, 6.45) is 0. The van der Waals surface area contributed by atoms with Crippen molar-refractivity contribution in [3.05, 3.63) is 99.9 Å². The van der Waals surface area contributed by atoms with Crippen LogP contribution in [-0.2, 0) is 9.59 Å². The number of urea groups is 1. The Morgan fingerprint density at radius 1 is 1.14 bits per heavy atom. The van der Waals surface area contributed by atoms with E-state index < -0.39 is 35.6 Å². The molecule has 3 aromatic rings. The number of halogens is 2. The minimum absolute atomic E-state index is 0.000687. The first kappa shape index (κ1) is 26.3. The Bertz CT molecular complexity index is 1330. The highest BCUT2D eigenvalue weighted by atomic mass is 127. The maximum Gasteiger partial charge on any atom is 0.325 e. The first-order chi connectivity index (χ1) is 17.8. The molecule has 0 aromatic heterocycles. The molecule has 4 rings (SSSR count). The fourth-order valence-corrected chi connectivity index (χ4v) is 4.49. The monoisotopic (exact) mass is 613 g/mol. The zero-order valence-electron chi connectivity index (χ0n) is 20.0. The number of carbonyl (C=O) groups is 3. The van der Waals surface area contributed by atoms with Gasteiger partial charge in [-0.05, 0) is 76.5 Å². The number of imide groups is 1. The molecule has 4 amide bonds. The Morgan fingerprint density at radius 2 is 1.84 bits per heavy atom. The number of nitrogens with zero attached hydrogens (tertiary/aromatic N) is 1. The summed E-state index contributed by atoms with van der Waals surface area (Å²) in [6, 6.07) is 18.8. The molecule has 0 spiro atoms. The Morgan fingerprint density at radius 3 is 2.49 bits per heavy atom. The molecule has 190 valence electrons. The van der Waals surface area contributed by atoms with Crippen LogP contribution in [0.5, 0.6) is 5.75 Å². The highest BCUT2D eigenvalue weighted by Crippen LogP contribution is 2.29. The van der Waals surface area contributed by atoms with E-state index in [-0.39, 0.29) is 12.2 Å². The number of nitrogens with one attached hydrogen (secondary N) is 2. The number of hydrogen-bond donors (Lipinski definition) is 2. The van der Waals surface area contributed by atoms with E-state index in [1.165, 1.54) is 12.1 Å². The Hall–Kier alpha value is -3.73. The van der Waals surface area contributed by atoms with Crippen molar-refractivity contribution in [1.82, 2.24) is 10.2 Å². The van der Waals surface area contributed by atoms with Crippen molar-refractivity contribution in [2.24, 2.45) is 5.92 Å². The van der Waals surface area contributed by atoms with Crippen LogP contribution in [0.2, 0.25) is 0 Å². The number of carbonyl (C=O) groups excluding carboxylic acids is 3. The molecule has 1 fully saturated rings. The van der Waals surface area contributed by atoms with Crippen molar-refractivity contribution >= 4 is 51.7 Å². The van der Waals surface area contributed by atoms with Crippen molar-refractivity contribution < 1.29 is 23.5 Å². The van der Waals surface area contributed by atoms with E-state index >= 15 is 0 Å². The number of rotatable bonds is 9. The Kier molecular flexibility index (Phi) is 8.22. The lowest BCUT2D eigenvalue weighted by Gasteiger charge is -2.24. The molecule has 0 aliphatic carbocycles. The summed E-state index contributed by atoms with van der Waals surface area (Å²) >= 11 is 1.97. The fraction of sp³-hybridized carbons (Fsp3) is 0.179. The molecule has 9 heteroatoms. The van der Waals surface area contributed by atoms with Crippen molar-refractivity contribution in [2.45, 2.75) is 13.0 Å². The smallest absolute Gasteiger partial charge is 0.325 e. The second kappa shape index (κ2) is 11.5. The maximum atomic E-state index is 14.5. The van der Waals surface area contributed by atoms with Gasteiger partial charge >= 0.3 is 6.03 Å². The molecule has 1 aliphatic heterocycles. The van der Waals surface area contributed by atoms with Crippen LogP contribution in [0.4, 0.5) is 14.9 Å². The molecular weight excluding hydrogens is 588 g/mol. The van der Waals surface area contributed by atoms with E-state index in [2.05, 4.69) is 17.2 Å². The molecular formula is C28H25FIN3O4. The van der Waals surface area contributed by atoms with Gasteiger partial charge in [-0.1, -0.05) is 49.0 Å². The van der Waals surface area contributed by atoms with Gasteiger partial charge < -0.3 is 15.4 Å². The molecule has 3 aromatic carbocycles. The summed E-state index contributed by atoms with van der Waals surface area (Å²) in [5.41, 5.74) is 1.66. The van der Waals surface area contributed by atoms with Gasteiger partial charge in [-0.25, -0.2) is 9.18 Å². The van der Waals surface area contributed by atoms with Crippen molar-refractivity contribution in [3.63, 3.8) is 0 Å². The predicted molar refractivity (Wildman–Crippen MR) is 147 cm³/mol. The SMILES string of the molecule is C=C(c1ccccc1)C(CN1C(=O)N[C@H](c2ccc(OCC)cc2)C1=O)C(=O)Nc1ccc(I)cc1F. The second-order valence-corrected chi connectivity index (χ2v) is 9.64. The summed E-state index contributed by atoms with van der Waals surface area (Å²) < 4.78 is 20.6. The molecule has 1 saturated heterocycles.